The second kappa shape index (κ2) is 5.75. The van der Waals surface area contributed by atoms with Crippen LogP contribution in [-0.2, 0) is 11.3 Å². The van der Waals surface area contributed by atoms with Crippen LogP contribution in [0.3, 0.4) is 0 Å². The molecule has 1 heterocycles. The highest BCUT2D eigenvalue weighted by Gasteiger charge is 2.03. The monoisotopic (exact) mass is 267 g/mol. The van der Waals surface area contributed by atoms with Gasteiger partial charge in [0, 0.05) is 18.9 Å². The smallest absolute Gasteiger partial charge is 0.158 e. The Hall–Kier alpha value is -1.72. The highest BCUT2D eigenvalue weighted by Crippen LogP contribution is 2.18. The van der Waals surface area contributed by atoms with Crippen molar-refractivity contribution in [3.8, 4) is 0 Å². The number of hydrogen-bond donors (Lipinski definition) is 1. The molecule has 0 saturated heterocycles. The molecule has 0 aliphatic heterocycles. The van der Waals surface area contributed by atoms with E-state index < -0.39 is 0 Å². The van der Waals surface area contributed by atoms with E-state index in [2.05, 4.69) is 15.3 Å². The average Bonchev–Trinajstić information content (AvgIpc) is 2.32. The number of hydrogen-bond acceptors (Lipinski definition) is 4. The van der Waals surface area contributed by atoms with Crippen LogP contribution in [-0.4, -0.2) is 17.1 Å². The quantitative estimate of drug-likeness (QED) is 0.865. The third kappa shape index (κ3) is 3.38. The Morgan fingerprint density at radius 1 is 1.28 bits per heavy atom. The summed E-state index contributed by atoms with van der Waals surface area (Å²) in [5.74, 6) is 0.726. The Morgan fingerprint density at radius 2 is 2.00 bits per heavy atom. The third-order valence-corrected chi connectivity index (χ3v) is 2.32. The molecule has 1 aromatic carbocycles. The van der Waals surface area contributed by atoms with Gasteiger partial charge in [0.1, 0.15) is 23.4 Å². The Kier molecular flexibility index (Phi) is 4.07. The van der Waals surface area contributed by atoms with Gasteiger partial charge < -0.3 is 10.1 Å². The van der Waals surface area contributed by atoms with Gasteiger partial charge in [-0.15, -0.1) is 0 Å². The van der Waals surface area contributed by atoms with Crippen LogP contribution in [0.1, 0.15) is 5.82 Å². The van der Waals surface area contributed by atoms with Crippen molar-refractivity contribution in [2.45, 2.75) is 6.61 Å². The standard InChI is InChI=1S/C12H11ClFN3O/c1-18-7-12-16-10(13)6-11(17-12)15-9-4-2-8(14)3-5-9/h2-6H,7H2,1H3,(H,15,16,17). The van der Waals surface area contributed by atoms with E-state index in [9.17, 15) is 4.39 Å². The van der Waals surface area contributed by atoms with Gasteiger partial charge >= 0.3 is 0 Å². The highest BCUT2D eigenvalue weighted by atomic mass is 35.5. The molecule has 0 amide bonds. The molecule has 94 valence electrons. The van der Waals surface area contributed by atoms with Crippen molar-refractivity contribution in [1.29, 1.82) is 0 Å². The number of aromatic nitrogens is 2. The van der Waals surface area contributed by atoms with Crippen LogP contribution in [0.2, 0.25) is 5.15 Å². The van der Waals surface area contributed by atoms with Crippen LogP contribution >= 0.6 is 11.6 Å². The molecule has 0 fully saturated rings. The minimum absolute atomic E-state index is 0.276. The number of nitrogens with one attached hydrogen (secondary N) is 1. The van der Waals surface area contributed by atoms with E-state index in [-0.39, 0.29) is 12.4 Å². The summed E-state index contributed by atoms with van der Waals surface area (Å²) >= 11 is 5.87. The third-order valence-electron chi connectivity index (χ3n) is 2.13. The Morgan fingerprint density at radius 3 is 2.67 bits per heavy atom. The average molecular weight is 268 g/mol. The van der Waals surface area contributed by atoms with Gasteiger partial charge in [0.2, 0.25) is 0 Å². The van der Waals surface area contributed by atoms with Crippen LogP contribution in [0.4, 0.5) is 15.9 Å². The predicted octanol–water partition coefficient (Wildman–Crippen LogP) is 3.16. The van der Waals surface area contributed by atoms with Crippen molar-refractivity contribution in [2.24, 2.45) is 0 Å². The minimum atomic E-state index is -0.290. The van der Waals surface area contributed by atoms with Crippen molar-refractivity contribution < 1.29 is 9.13 Å². The summed E-state index contributed by atoms with van der Waals surface area (Å²) in [7, 11) is 1.55. The van der Waals surface area contributed by atoms with Crippen molar-refractivity contribution in [3.63, 3.8) is 0 Å². The predicted molar refractivity (Wildman–Crippen MR) is 67.4 cm³/mol. The maximum Gasteiger partial charge on any atom is 0.158 e. The van der Waals surface area contributed by atoms with E-state index in [0.29, 0.717) is 16.8 Å². The molecule has 6 heteroatoms. The van der Waals surface area contributed by atoms with Gasteiger partial charge in [-0.25, -0.2) is 14.4 Å². The molecule has 0 aliphatic carbocycles. The van der Waals surface area contributed by atoms with Crippen LogP contribution in [0.15, 0.2) is 30.3 Å². The number of methoxy groups -OCH3 is 1. The lowest BCUT2D eigenvalue weighted by molar-refractivity contribution is 0.178. The molecule has 0 spiro atoms. The van der Waals surface area contributed by atoms with Gasteiger partial charge in [-0.1, -0.05) is 11.6 Å². The number of ether oxygens (including phenoxy) is 1. The van der Waals surface area contributed by atoms with E-state index in [1.165, 1.54) is 12.1 Å². The normalized spacial score (nSPS) is 10.4. The first kappa shape index (κ1) is 12.7. The zero-order valence-electron chi connectivity index (χ0n) is 9.65. The molecule has 1 aromatic heterocycles. The fraction of sp³-hybridized carbons (Fsp3) is 0.167. The zero-order valence-corrected chi connectivity index (χ0v) is 10.4. The second-order valence-electron chi connectivity index (χ2n) is 3.56. The van der Waals surface area contributed by atoms with Gasteiger partial charge in [0.25, 0.3) is 0 Å². The Labute approximate surface area is 109 Å². The Balaban J connectivity index is 2.20. The summed E-state index contributed by atoms with van der Waals surface area (Å²) in [6.07, 6.45) is 0. The van der Waals surface area contributed by atoms with Crippen LogP contribution in [0, 0.1) is 5.82 Å². The van der Waals surface area contributed by atoms with E-state index in [1.807, 2.05) is 0 Å². The van der Waals surface area contributed by atoms with Crippen LogP contribution in [0.25, 0.3) is 0 Å². The molecule has 0 saturated carbocycles. The first-order valence-corrected chi connectivity index (χ1v) is 5.60. The van der Waals surface area contributed by atoms with E-state index in [0.717, 1.165) is 5.69 Å². The fourth-order valence-corrected chi connectivity index (χ4v) is 1.60. The van der Waals surface area contributed by atoms with Gasteiger partial charge in [-0.2, -0.15) is 0 Å². The van der Waals surface area contributed by atoms with Gasteiger partial charge in [-0.3, -0.25) is 0 Å². The molecule has 0 aliphatic rings. The molecule has 0 unspecified atom stereocenters. The molecule has 4 nitrogen and oxygen atoms in total. The van der Waals surface area contributed by atoms with Gasteiger partial charge in [0.05, 0.1) is 0 Å². The van der Waals surface area contributed by atoms with Crippen molar-refractivity contribution in [3.05, 3.63) is 47.1 Å². The minimum Gasteiger partial charge on any atom is -0.377 e. The summed E-state index contributed by atoms with van der Waals surface area (Å²) in [5.41, 5.74) is 0.717. The molecule has 2 rings (SSSR count). The summed E-state index contributed by atoms with van der Waals surface area (Å²) in [6, 6.07) is 7.54. The van der Waals surface area contributed by atoms with Crippen LogP contribution in [0.5, 0.6) is 0 Å². The lowest BCUT2D eigenvalue weighted by Crippen LogP contribution is -2.01. The summed E-state index contributed by atoms with van der Waals surface area (Å²) in [4.78, 5) is 8.22. The number of halogens is 2. The topological polar surface area (TPSA) is 47.0 Å². The van der Waals surface area contributed by atoms with E-state index >= 15 is 0 Å². The number of rotatable bonds is 4. The van der Waals surface area contributed by atoms with E-state index in [4.69, 9.17) is 16.3 Å². The van der Waals surface area contributed by atoms with Crippen LogP contribution < -0.4 is 5.32 Å². The number of anilines is 2. The Bertz CT molecular complexity index is 533. The summed E-state index contributed by atoms with van der Waals surface area (Å²) < 4.78 is 17.7. The van der Waals surface area contributed by atoms with Gasteiger partial charge in [0.15, 0.2) is 5.82 Å². The molecular formula is C12H11ClFN3O. The summed E-state index contributed by atoms with van der Waals surface area (Å²) in [6.45, 7) is 0.276. The molecule has 0 bridgehead atoms. The SMILES string of the molecule is COCc1nc(Cl)cc(Nc2ccc(F)cc2)n1. The molecule has 2 aromatic rings. The number of benzene rings is 1. The maximum atomic E-state index is 12.8. The van der Waals surface area contributed by atoms with Crippen molar-refractivity contribution in [1.82, 2.24) is 9.97 Å². The fourth-order valence-electron chi connectivity index (χ4n) is 1.40. The lowest BCUT2D eigenvalue weighted by Gasteiger charge is -2.07. The first-order chi connectivity index (χ1) is 8.67. The van der Waals surface area contributed by atoms with Gasteiger partial charge in [-0.05, 0) is 24.3 Å². The molecule has 0 atom stereocenters. The zero-order chi connectivity index (χ0) is 13.0. The van der Waals surface area contributed by atoms with Crippen molar-refractivity contribution >= 4 is 23.1 Å². The molecular weight excluding hydrogens is 257 g/mol. The van der Waals surface area contributed by atoms with Crippen molar-refractivity contribution in [2.75, 3.05) is 12.4 Å². The molecule has 0 radical (unpaired) electrons. The highest BCUT2D eigenvalue weighted by molar-refractivity contribution is 6.29. The molecule has 1 N–H and O–H groups in total. The second-order valence-corrected chi connectivity index (χ2v) is 3.94. The maximum absolute atomic E-state index is 12.8. The lowest BCUT2D eigenvalue weighted by atomic mass is 10.3. The number of nitrogens with zero attached hydrogens (tertiary/aromatic N) is 2. The first-order valence-electron chi connectivity index (χ1n) is 5.22. The summed E-state index contributed by atoms with van der Waals surface area (Å²) in [5, 5.41) is 3.33. The largest absolute Gasteiger partial charge is 0.377 e. The molecule has 18 heavy (non-hydrogen) atoms. The van der Waals surface area contributed by atoms with E-state index in [1.54, 1.807) is 25.3 Å².